The Labute approximate surface area is 152 Å². The van der Waals surface area contributed by atoms with Gasteiger partial charge in [0.1, 0.15) is 11.9 Å². The Balaban J connectivity index is 1.94. The van der Waals surface area contributed by atoms with Gasteiger partial charge in [-0.15, -0.1) is 0 Å². The summed E-state index contributed by atoms with van der Waals surface area (Å²) in [6.45, 7) is 2.42. The molecule has 138 valence electrons. The van der Waals surface area contributed by atoms with Gasteiger partial charge in [-0.1, -0.05) is 18.2 Å². The van der Waals surface area contributed by atoms with Crippen LogP contribution in [0.2, 0.25) is 0 Å². The monoisotopic (exact) mass is 357 g/mol. The number of aryl methyl sites for hydroxylation is 1. The average Bonchev–Trinajstić information content (AvgIpc) is 3.02. The third-order valence-corrected chi connectivity index (χ3v) is 4.48. The predicted octanol–water partition coefficient (Wildman–Crippen LogP) is 3.64. The van der Waals surface area contributed by atoms with Gasteiger partial charge in [0.2, 0.25) is 0 Å². The van der Waals surface area contributed by atoms with E-state index in [1.54, 1.807) is 14.2 Å². The smallest absolute Gasteiger partial charge is 0.404 e. The van der Waals surface area contributed by atoms with Gasteiger partial charge in [-0.2, -0.15) is 0 Å². The van der Waals surface area contributed by atoms with Crippen LogP contribution in [0.1, 0.15) is 17.5 Å². The maximum atomic E-state index is 10.6. The van der Waals surface area contributed by atoms with Crippen molar-refractivity contribution in [3.63, 3.8) is 0 Å². The summed E-state index contributed by atoms with van der Waals surface area (Å²) in [4.78, 5) is 10.6. The van der Waals surface area contributed by atoms with E-state index >= 15 is 0 Å². The van der Waals surface area contributed by atoms with Crippen molar-refractivity contribution in [2.75, 3.05) is 20.8 Å². The molecule has 0 saturated heterocycles. The third-order valence-electron chi connectivity index (χ3n) is 4.48. The summed E-state index contributed by atoms with van der Waals surface area (Å²) < 4.78 is 17.2. The summed E-state index contributed by atoms with van der Waals surface area (Å²) in [5.41, 5.74) is 4.14. The summed E-state index contributed by atoms with van der Waals surface area (Å²) in [5, 5.41) is 11.1. The molecular formula is C20H23NO5. The van der Waals surface area contributed by atoms with Crippen molar-refractivity contribution in [2.45, 2.75) is 25.9 Å². The summed E-state index contributed by atoms with van der Waals surface area (Å²) in [7, 11) is 3.24. The first-order valence-electron chi connectivity index (χ1n) is 8.51. The first kappa shape index (κ1) is 17.9. The number of ether oxygens (including phenoxy) is 3. The van der Waals surface area contributed by atoms with Crippen LogP contribution in [0.4, 0.5) is 4.79 Å². The largest absolute Gasteiger partial charge is 0.493 e. The van der Waals surface area contributed by atoms with Gasteiger partial charge in [-0.25, -0.2) is 4.79 Å². The number of carboxylic acid groups (broad SMARTS) is 1. The first-order valence-corrected chi connectivity index (χ1v) is 8.51. The van der Waals surface area contributed by atoms with Crippen LogP contribution in [0.25, 0.3) is 11.1 Å². The highest BCUT2D eigenvalue weighted by Crippen LogP contribution is 2.46. The van der Waals surface area contributed by atoms with Crippen molar-refractivity contribution >= 4 is 6.09 Å². The normalized spacial score (nSPS) is 15.1. The zero-order valence-corrected chi connectivity index (χ0v) is 15.2. The van der Waals surface area contributed by atoms with Crippen molar-refractivity contribution in [1.82, 2.24) is 5.32 Å². The lowest BCUT2D eigenvalue weighted by atomic mass is 9.96. The van der Waals surface area contributed by atoms with Crippen molar-refractivity contribution < 1.29 is 24.1 Å². The molecule has 1 aliphatic rings. The SMILES string of the molecule is COc1cccc(-c2cc(C)cc3c2OC(CCNC(=O)O)C3)c1OC. The zero-order valence-electron chi connectivity index (χ0n) is 15.2. The van der Waals surface area contributed by atoms with Crippen LogP contribution in [0.3, 0.4) is 0 Å². The molecule has 2 aromatic carbocycles. The van der Waals surface area contributed by atoms with Crippen LogP contribution < -0.4 is 19.5 Å². The van der Waals surface area contributed by atoms with E-state index in [1.165, 1.54) is 0 Å². The van der Waals surface area contributed by atoms with E-state index in [-0.39, 0.29) is 6.10 Å². The Morgan fingerprint density at radius 3 is 2.77 bits per heavy atom. The van der Waals surface area contributed by atoms with Crippen LogP contribution >= 0.6 is 0 Å². The number of methoxy groups -OCH3 is 2. The Hall–Kier alpha value is -2.89. The second-order valence-corrected chi connectivity index (χ2v) is 6.31. The van der Waals surface area contributed by atoms with Gasteiger partial charge in [0.05, 0.1) is 14.2 Å². The Morgan fingerprint density at radius 2 is 2.08 bits per heavy atom. The van der Waals surface area contributed by atoms with Gasteiger partial charge in [0.25, 0.3) is 0 Å². The number of rotatable bonds is 6. The molecule has 3 rings (SSSR count). The lowest BCUT2D eigenvalue weighted by Crippen LogP contribution is -2.26. The van der Waals surface area contributed by atoms with Crippen molar-refractivity contribution in [3.8, 4) is 28.4 Å². The number of hydrogen-bond acceptors (Lipinski definition) is 4. The van der Waals surface area contributed by atoms with Gasteiger partial charge in [0.15, 0.2) is 11.5 Å². The number of amides is 1. The lowest BCUT2D eigenvalue weighted by molar-refractivity contribution is 0.188. The molecule has 0 radical (unpaired) electrons. The number of para-hydroxylation sites is 1. The maximum Gasteiger partial charge on any atom is 0.404 e. The summed E-state index contributed by atoms with van der Waals surface area (Å²) >= 11 is 0. The molecule has 1 heterocycles. The highest BCUT2D eigenvalue weighted by Gasteiger charge is 2.27. The highest BCUT2D eigenvalue weighted by molar-refractivity contribution is 5.80. The minimum atomic E-state index is -1.02. The van der Waals surface area contributed by atoms with Crippen LogP contribution in [-0.4, -0.2) is 38.1 Å². The molecule has 0 bridgehead atoms. The standard InChI is InChI=1S/C20H23NO5/c1-12-9-13-11-14(7-8-21-20(22)23)26-18(13)16(10-12)15-5-4-6-17(24-2)19(15)25-3/h4-6,9-10,14,21H,7-8,11H2,1-3H3,(H,22,23). The average molecular weight is 357 g/mol. The zero-order chi connectivity index (χ0) is 18.7. The Kier molecular flexibility index (Phi) is 5.21. The lowest BCUT2D eigenvalue weighted by Gasteiger charge is -2.16. The summed E-state index contributed by atoms with van der Waals surface area (Å²) in [6.07, 6.45) is 0.318. The fourth-order valence-electron chi connectivity index (χ4n) is 3.39. The predicted molar refractivity (Wildman–Crippen MR) is 98.5 cm³/mol. The first-order chi connectivity index (χ1) is 12.5. The topological polar surface area (TPSA) is 77.0 Å². The molecule has 0 saturated carbocycles. The van der Waals surface area contributed by atoms with E-state index in [2.05, 4.69) is 24.4 Å². The van der Waals surface area contributed by atoms with E-state index in [0.717, 1.165) is 34.4 Å². The van der Waals surface area contributed by atoms with Gasteiger partial charge in [0, 0.05) is 30.5 Å². The van der Waals surface area contributed by atoms with Gasteiger partial charge in [-0.3, -0.25) is 0 Å². The molecule has 0 spiro atoms. The second kappa shape index (κ2) is 7.56. The Bertz CT molecular complexity index is 818. The summed E-state index contributed by atoms with van der Waals surface area (Å²) in [5.74, 6) is 2.17. The molecule has 1 atom stereocenters. The number of nitrogens with one attached hydrogen (secondary N) is 1. The fourth-order valence-corrected chi connectivity index (χ4v) is 3.39. The van der Waals surface area contributed by atoms with E-state index in [1.807, 2.05) is 18.2 Å². The molecule has 0 aliphatic carbocycles. The molecule has 0 aromatic heterocycles. The van der Waals surface area contributed by atoms with Crippen LogP contribution in [-0.2, 0) is 6.42 Å². The maximum absolute atomic E-state index is 10.6. The van der Waals surface area contributed by atoms with Gasteiger partial charge < -0.3 is 24.6 Å². The quantitative estimate of drug-likeness (QED) is 0.825. The molecule has 2 aromatic rings. The molecular weight excluding hydrogens is 334 g/mol. The van der Waals surface area contributed by atoms with E-state index in [9.17, 15) is 4.79 Å². The van der Waals surface area contributed by atoms with Crippen molar-refractivity contribution in [3.05, 3.63) is 41.5 Å². The van der Waals surface area contributed by atoms with Crippen LogP contribution in [0.5, 0.6) is 17.2 Å². The Morgan fingerprint density at radius 1 is 1.27 bits per heavy atom. The van der Waals surface area contributed by atoms with Gasteiger partial charge >= 0.3 is 6.09 Å². The third kappa shape index (κ3) is 3.54. The van der Waals surface area contributed by atoms with Gasteiger partial charge in [-0.05, 0) is 30.2 Å². The molecule has 2 N–H and O–H groups in total. The molecule has 26 heavy (non-hydrogen) atoms. The molecule has 1 amide bonds. The molecule has 1 unspecified atom stereocenters. The fraction of sp³-hybridized carbons (Fsp3) is 0.350. The molecule has 6 heteroatoms. The number of hydrogen-bond donors (Lipinski definition) is 2. The molecule has 0 fully saturated rings. The van der Waals surface area contributed by atoms with E-state index in [4.69, 9.17) is 19.3 Å². The second-order valence-electron chi connectivity index (χ2n) is 6.31. The summed E-state index contributed by atoms with van der Waals surface area (Å²) in [6, 6.07) is 9.97. The van der Waals surface area contributed by atoms with E-state index in [0.29, 0.717) is 24.5 Å². The van der Waals surface area contributed by atoms with Crippen LogP contribution in [0.15, 0.2) is 30.3 Å². The van der Waals surface area contributed by atoms with Crippen molar-refractivity contribution in [1.29, 1.82) is 0 Å². The molecule has 6 nitrogen and oxygen atoms in total. The van der Waals surface area contributed by atoms with Crippen molar-refractivity contribution in [2.24, 2.45) is 0 Å². The number of carbonyl (C=O) groups is 1. The minimum Gasteiger partial charge on any atom is -0.493 e. The highest BCUT2D eigenvalue weighted by atomic mass is 16.5. The minimum absolute atomic E-state index is 0.0472. The number of benzene rings is 2. The number of fused-ring (bicyclic) bond motifs is 1. The van der Waals surface area contributed by atoms with Crippen LogP contribution in [0, 0.1) is 6.92 Å². The molecule has 1 aliphatic heterocycles. The van der Waals surface area contributed by atoms with E-state index < -0.39 is 6.09 Å².